The molecular weight excluding hydrogens is 309 g/mol. The van der Waals surface area contributed by atoms with Crippen molar-refractivity contribution in [3.8, 4) is 5.75 Å². The largest absolute Gasteiger partial charge is 0.497 e. The third-order valence-electron chi connectivity index (χ3n) is 2.38. The van der Waals surface area contributed by atoms with Gasteiger partial charge in [0.05, 0.1) is 27.9 Å². The number of nitrogens with two attached hydrogens (primary N) is 1. The Morgan fingerprint density at radius 1 is 1.11 bits per heavy atom. The number of nitrogens with zero attached hydrogens (tertiary/aromatic N) is 1. The molecule has 0 radical (unpaired) electrons. The SMILES string of the molecule is COc1ccc(Cl)c(Nc2nc(N)c(Cl)cc2Cl)c1. The number of aromatic nitrogens is 1. The van der Waals surface area contributed by atoms with Crippen LogP contribution in [0.3, 0.4) is 0 Å². The molecule has 100 valence electrons. The van der Waals surface area contributed by atoms with Crippen LogP contribution >= 0.6 is 34.8 Å². The van der Waals surface area contributed by atoms with Gasteiger partial charge in [0.25, 0.3) is 0 Å². The van der Waals surface area contributed by atoms with E-state index in [1.54, 1.807) is 25.3 Å². The molecule has 0 amide bonds. The first-order chi connectivity index (χ1) is 9.01. The molecule has 0 atom stereocenters. The minimum Gasteiger partial charge on any atom is -0.497 e. The van der Waals surface area contributed by atoms with E-state index in [0.717, 1.165) is 0 Å². The molecule has 0 unspecified atom stereocenters. The Labute approximate surface area is 125 Å². The summed E-state index contributed by atoms with van der Waals surface area (Å²) in [6.07, 6.45) is 0. The number of hydrogen-bond donors (Lipinski definition) is 2. The van der Waals surface area contributed by atoms with Crippen molar-refractivity contribution in [1.82, 2.24) is 4.98 Å². The highest BCUT2D eigenvalue weighted by atomic mass is 35.5. The first-order valence-electron chi connectivity index (χ1n) is 5.23. The van der Waals surface area contributed by atoms with Crippen LogP contribution in [0.5, 0.6) is 5.75 Å². The molecule has 1 heterocycles. The van der Waals surface area contributed by atoms with Gasteiger partial charge in [-0.25, -0.2) is 4.98 Å². The van der Waals surface area contributed by atoms with Gasteiger partial charge in [0, 0.05) is 6.07 Å². The number of hydrogen-bond acceptors (Lipinski definition) is 4. The Balaban J connectivity index is 2.38. The summed E-state index contributed by atoms with van der Waals surface area (Å²) in [5, 5.41) is 4.14. The fourth-order valence-corrected chi connectivity index (χ4v) is 1.99. The zero-order valence-corrected chi connectivity index (χ0v) is 12.1. The fourth-order valence-electron chi connectivity index (χ4n) is 1.42. The van der Waals surface area contributed by atoms with Crippen molar-refractivity contribution in [2.24, 2.45) is 0 Å². The minimum absolute atomic E-state index is 0.188. The molecule has 4 nitrogen and oxygen atoms in total. The highest BCUT2D eigenvalue weighted by Gasteiger charge is 2.10. The Hall–Kier alpha value is -1.36. The van der Waals surface area contributed by atoms with E-state index in [2.05, 4.69) is 10.3 Å². The van der Waals surface area contributed by atoms with E-state index < -0.39 is 0 Å². The monoisotopic (exact) mass is 317 g/mol. The Morgan fingerprint density at radius 3 is 2.53 bits per heavy atom. The van der Waals surface area contributed by atoms with Gasteiger partial charge in [-0.2, -0.15) is 0 Å². The van der Waals surface area contributed by atoms with Gasteiger partial charge in [-0.15, -0.1) is 0 Å². The maximum atomic E-state index is 6.08. The molecule has 2 rings (SSSR count). The number of nitrogens with one attached hydrogen (secondary N) is 1. The molecule has 0 fully saturated rings. The molecule has 0 spiro atoms. The van der Waals surface area contributed by atoms with Crippen molar-refractivity contribution in [1.29, 1.82) is 0 Å². The third-order valence-corrected chi connectivity index (χ3v) is 3.30. The number of halogens is 3. The van der Waals surface area contributed by atoms with Gasteiger partial charge in [0.15, 0.2) is 5.82 Å². The van der Waals surface area contributed by atoms with E-state index in [1.165, 1.54) is 6.07 Å². The summed E-state index contributed by atoms with van der Waals surface area (Å²) in [7, 11) is 1.57. The van der Waals surface area contributed by atoms with E-state index in [9.17, 15) is 0 Å². The van der Waals surface area contributed by atoms with Gasteiger partial charge in [-0.3, -0.25) is 0 Å². The summed E-state index contributed by atoms with van der Waals surface area (Å²) in [5.41, 5.74) is 6.25. The van der Waals surface area contributed by atoms with Crippen molar-refractivity contribution in [2.45, 2.75) is 0 Å². The first kappa shape index (κ1) is 14.1. The summed E-state index contributed by atoms with van der Waals surface area (Å²) in [6, 6.07) is 6.70. The lowest BCUT2D eigenvalue weighted by Gasteiger charge is -2.11. The molecule has 0 saturated heterocycles. The summed E-state index contributed by atoms with van der Waals surface area (Å²) in [6.45, 7) is 0. The predicted octanol–water partition coefficient (Wildman–Crippen LogP) is 4.38. The molecule has 2 aromatic rings. The van der Waals surface area contributed by atoms with Gasteiger partial charge in [0.1, 0.15) is 11.6 Å². The van der Waals surface area contributed by atoms with Gasteiger partial charge in [-0.1, -0.05) is 34.8 Å². The van der Waals surface area contributed by atoms with Crippen molar-refractivity contribution >= 4 is 52.1 Å². The smallest absolute Gasteiger partial charge is 0.151 e. The van der Waals surface area contributed by atoms with Crippen LogP contribution in [0, 0.1) is 0 Å². The molecule has 0 aliphatic heterocycles. The van der Waals surface area contributed by atoms with Crippen LogP contribution in [0.25, 0.3) is 0 Å². The number of benzene rings is 1. The molecule has 3 N–H and O–H groups in total. The minimum atomic E-state index is 0.188. The second-order valence-corrected chi connectivity index (χ2v) is 4.88. The highest BCUT2D eigenvalue weighted by molar-refractivity contribution is 6.37. The highest BCUT2D eigenvalue weighted by Crippen LogP contribution is 2.33. The lowest BCUT2D eigenvalue weighted by Crippen LogP contribution is -2.00. The molecule has 1 aromatic heterocycles. The number of ether oxygens (including phenoxy) is 1. The lowest BCUT2D eigenvalue weighted by atomic mass is 10.3. The second kappa shape index (κ2) is 5.74. The van der Waals surface area contributed by atoms with Crippen LogP contribution in [0.1, 0.15) is 0 Å². The van der Waals surface area contributed by atoms with Gasteiger partial charge < -0.3 is 15.8 Å². The van der Waals surface area contributed by atoms with Crippen LogP contribution in [0.4, 0.5) is 17.3 Å². The number of nitrogen functional groups attached to an aromatic ring is 1. The van der Waals surface area contributed by atoms with Crippen molar-refractivity contribution < 1.29 is 4.74 Å². The summed E-state index contributed by atoms with van der Waals surface area (Å²) in [4.78, 5) is 4.07. The maximum absolute atomic E-state index is 6.08. The molecular formula is C12H10Cl3N3O. The Kier molecular flexibility index (Phi) is 4.24. The second-order valence-electron chi connectivity index (χ2n) is 3.66. The van der Waals surface area contributed by atoms with Crippen molar-refractivity contribution in [2.75, 3.05) is 18.2 Å². The van der Waals surface area contributed by atoms with E-state index in [4.69, 9.17) is 45.3 Å². The standard InChI is InChI=1S/C12H10Cl3N3O/c1-19-6-2-3-7(13)10(4-6)17-12-9(15)5-8(14)11(16)18-12/h2-5H,1H3,(H3,16,17,18). The van der Waals surface area contributed by atoms with Crippen LogP contribution in [0.2, 0.25) is 15.1 Å². The fraction of sp³-hybridized carbons (Fsp3) is 0.0833. The molecule has 1 aromatic carbocycles. The average molecular weight is 319 g/mol. The first-order valence-corrected chi connectivity index (χ1v) is 6.36. The van der Waals surface area contributed by atoms with E-state index >= 15 is 0 Å². The number of methoxy groups -OCH3 is 1. The number of pyridine rings is 1. The normalized spacial score (nSPS) is 10.3. The van der Waals surface area contributed by atoms with Gasteiger partial charge >= 0.3 is 0 Å². The van der Waals surface area contributed by atoms with Crippen LogP contribution in [0.15, 0.2) is 24.3 Å². The average Bonchev–Trinajstić information content (AvgIpc) is 2.38. The van der Waals surface area contributed by atoms with Crippen LogP contribution in [-0.2, 0) is 0 Å². The predicted molar refractivity (Wildman–Crippen MR) is 80.0 cm³/mol. The molecule has 7 heteroatoms. The van der Waals surface area contributed by atoms with Gasteiger partial charge in [0.2, 0.25) is 0 Å². The molecule has 19 heavy (non-hydrogen) atoms. The van der Waals surface area contributed by atoms with Crippen LogP contribution in [-0.4, -0.2) is 12.1 Å². The molecule has 0 bridgehead atoms. The zero-order valence-electron chi connectivity index (χ0n) is 9.88. The quantitative estimate of drug-likeness (QED) is 0.882. The molecule has 0 saturated carbocycles. The van der Waals surface area contributed by atoms with E-state index in [-0.39, 0.29) is 5.82 Å². The Morgan fingerprint density at radius 2 is 1.84 bits per heavy atom. The molecule has 0 aliphatic carbocycles. The molecule has 0 aliphatic rings. The third kappa shape index (κ3) is 3.15. The Bertz CT molecular complexity index is 619. The van der Waals surface area contributed by atoms with E-state index in [1.807, 2.05) is 0 Å². The maximum Gasteiger partial charge on any atom is 0.151 e. The lowest BCUT2D eigenvalue weighted by molar-refractivity contribution is 0.415. The van der Waals surface area contributed by atoms with Crippen molar-refractivity contribution in [3.63, 3.8) is 0 Å². The van der Waals surface area contributed by atoms with Crippen molar-refractivity contribution in [3.05, 3.63) is 39.3 Å². The zero-order chi connectivity index (χ0) is 14.0. The summed E-state index contributed by atoms with van der Waals surface area (Å²) >= 11 is 17.9. The van der Waals surface area contributed by atoms with Crippen LogP contribution < -0.4 is 15.8 Å². The topological polar surface area (TPSA) is 60.2 Å². The summed E-state index contributed by atoms with van der Waals surface area (Å²) < 4.78 is 5.12. The van der Waals surface area contributed by atoms with Gasteiger partial charge in [-0.05, 0) is 18.2 Å². The number of rotatable bonds is 3. The number of anilines is 3. The van der Waals surface area contributed by atoms with E-state index in [0.29, 0.717) is 32.3 Å². The summed E-state index contributed by atoms with van der Waals surface area (Å²) in [5.74, 6) is 1.22.